The fourth-order valence-electron chi connectivity index (χ4n) is 7.98. The van der Waals surface area contributed by atoms with Crippen LogP contribution in [0.2, 0.25) is 0 Å². The minimum Gasteiger partial charge on any atom is -0.461 e. The molecule has 0 spiro atoms. The van der Waals surface area contributed by atoms with E-state index in [1.54, 1.807) is 157 Å². The molecule has 4 rings (SSSR count). The summed E-state index contributed by atoms with van der Waals surface area (Å²) in [4.78, 5) is 136. The maximum atomic E-state index is 14.7. The summed E-state index contributed by atoms with van der Waals surface area (Å²) < 4.78 is 32.7. The number of amides is 5. The summed E-state index contributed by atoms with van der Waals surface area (Å²) in [6.07, 6.45) is -2.82. The third-order valence-electron chi connectivity index (χ3n) is 12.4. The molecule has 22 heteroatoms. The zero-order chi connectivity index (χ0) is 62.2. The molecule has 0 saturated carbocycles. The fraction of sp³-hybridized carbons (Fsp3) is 0.460. The van der Waals surface area contributed by atoms with E-state index < -0.39 is 120 Å². The molecule has 4 aromatic rings. The summed E-state index contributed by atoms with van der Waals surface area (Å²) in [5.41, 5.74) is 7.36. The highest BCUT2D eigenvalue weighted by Crippen LogP contribution is 2.15. The van der Waals surface area contributed by atoms with Crippen LogP contribution in [-0.2, 0) is 98.0 Å². The Bertz CT molecular complexity index is 2770. The fourth-order valence-corrected chi connectivity index (χ4v) is 7.98. The molecule has 4 aromatic carbocycles. The van der Waals surface area contributed by atoms with Crippen LogP contribution >= 0.6 is 0 Å². The van der Waals surface area contributed by atoms with Crippen LogP contribution in [0, 0.1) is 0 Å². The van der Waals surface area contributed by atoms with E-state index in [4.69, 9.17) is 34.2 Å². The first-order chi connectivity index (χ1) is 40.4. The van der Waals surface area contributed by atoms with Crippen molar-refractivity contribution in [2.24, 2.45) is 5.73 Å². The third-order valence-corrected chi connectivity index (χ3v) is 12.4. The number of hydrogen-bond acceptors (Lipinski definition) is 17. The van der Waals surface area contributed by atoms with Crippen molar-refractivity contribution in [1.29, 1.82) is 0 Å². The standard InChI is InChI=1S/C63H82N6O16/c1-62(2,3)84-55(73)37-31-49(67-56(74)47(64)29-19-20-38-65-61(79)85-63(4,5)6)57(75)68-48(58(76)69-51(60(78)83-42-46-27-17-10-18-28-46)33-36-54(72)81-40-44-23-13-8-14-24-44)30-34-52(70)66-50(59(77)82-41-45-25-15-9-16-26-45)32-35-53(71)80-39-43-21-11-7-12-22-43/h7-18,21-28,47-51H,19-20,29-42,64H2,1-6H3,(H,65,79)(H,66,70)(H,67,74)(H,68,75)(H,69,76). The lowest BCUT2D eigenvalue weighted by Crippen LogP contribution is -2.57. The lowest BCUT2D eigenvalue weighted by molar-refractivity contribution is -0.155. The van der Waals surface area contributed by atoms with Crippen molar-refractivity contribution in [3.05, 3.63) is 144 Å². The second kappa shape index (κ2) is 36.1. The summed E-state index contributed by atoms with van der Waals surface area (Å²) >= 11 is 0. The van der Waals surface area contributed by atoms with E-state index in [9.17, 15) is 47.9 Å². The summed E-state index contributed by atoms with van der Waals surface area (Å²) in [5, 5.41) is 13.0. The van der Waals surface area contributed by atoms with Crippen LogP contribution in [0.3, 0.4) is 0 Å². The highest BCUT2D eigenvalue weighted by atomic mass is 16.6. The number of alkyl carbamates (subject to hydrolysis) is 1. The van der Waals surface area contributed by atoms with E-state index in [1.165, 1.54) is 0 Å². The largest absolute Gasteiger partial charge is 0.461 e. The summed E-state index contributed by atoms with van der Waals surface area (Å²) in [5.74, 6) is -7.58. The monoisotopic (exact) mass is 1180 g/mol. The summed E-state index contributed by atoms with van der Waals surface area (Å²) in [6.45, 7) is 9.85. The molecule has 0 aliphatic rings. The van der Waals surface area contributed by atoms with Gasteiger partial charge in [-0.2, -0.15) is 0 Å². The minimum absolute atomic E-state index is 0.0384. The van der Waals surface area contributed by atoms with Crippen molar-refractivity contribution >= 4 is 59.6 Å². The van der Waals surface area contributed by atoms with Gasteiger partial charge in [-0.15, -0.1) is 0 Å². The molecule has 0 radical (unpaired) electrons. The smallest absolute Gasteiger partial charge is 0.407 e. The topological polar surface area (TPSA) is 312 Å². The van der Waals surface area contributed by atoms with E-state index >= 15 is 0 Å². The first-order valence-corrected chi connectivity index (χ1v) is 28.4. The number of carbonyl (C=O) groups is 10. The number of carbonyl (C=O) groups excluding carboxylic acids is 10. The van der Waals surface area contributed by atoms with Gasteiger partial charge in [-0.1, -0.05) is 121 Å². The van der Waals surface area contributed by atoms with Gasteiger partial charge >= 0.3 is 35.9 Å². The Morgan fingerprint density at radius 3 is 1.18 bits per heavy atom. The number of unbranched alkanes of at least 4 members (excludes halogenated alkanes) is 1. The molecule has 0 bridgehead atoms. The number of esters is 5. The predicted molar refractivity (Wildman–Crippen MR) is 312 cm³/mol. The molecule has 5 unspecified atom stereocenters. The average molecular weight is 1180 g/mol. The Labute approximate surface area is 496 Å². The van der Waals surface area contributed by atoms with Crippen molar-refractivity contribution in [2.75, 3.05) is 6.54 Å². The molecule has 5 amide bonds. The van der Waals surface area contributed by atoms with Crippen LogP contribution in [0.4, 0.5) is 4.79 Å². The number of benzene rings is 4. The normalized spacial score (nSPS) is 12.9. The third kappa shape index (κ3) is 29.4. The van der Waals surface area contributed by atoms with Crippen LogP contribution in [0.1, 0.15) is 134 Å². The van der Waals surface area contributed by atoms with Gasteiger partial charge < -0.3 is 60.7 Å². The van der Waals surface area contributed by atoms with Crippen molar-refractivity contribution < 1.29 is 76.4 Å². The van der Waals surface area contributed by atoms with Gasteiger partial charge in [0.1, 0.15) is 61.8 Å². The number of hydrogen-bond donors (Lipinski definition) is 6. The van der Waals surface area contributed by atoms with Crippen molar-refractivity contribution in [3.63, 3.8) is 0 Å². The molecule has 0 aliphatic heterocycles. The maximum absolute atomic E-state index is 14.7. The Morgan fingerprint density at radius 1 is 0.400 bits per heavy atom. The van der Waals surface area contributed by atoms with Crippen LogP contribution in [-0.4, -0.2) is 108 Å². The van der Waals surface area contributed by atoms with E-state index in [0.717, 1.165) is 5.56 Å². The quantitative estimate of drug-likeness (QED) is 0.0168. The second-order valence-electron chi connectivity index (χ2n) is 22.1. The van der Waals surface area contributed by atoms with E-state index in [1.807, 2.05) is 6.07 Å². The van der Waals surface area contributed by atoms with Gasteiger partial charge in [0.2, 0.25) is 23.6 Å². The van der Waals surface area contributed by atoms with Crippen molar-refractivity contribution in [1.82, 2.24) is 26.6 Å². The first-order valence-electron chi connectivity index (χ1n) is 28.4. The highest BCUT2D eigenvalue weighted by Gasteiger charge is 2.33. The average Bonchev–Trinajstić information content (AvgIpc) is 3.52. The zero-order valence-electron chi connectivity index (χ0n) is 49.4. The SMILES string of the molecule is CC(C)(C)OC(=O)CCC(NC(=O)C(N)CCCCNC(=O)OC(C)(C)C)C(=O)NC(CCC(=O)NC(CCC(=O)OCc1ccccc1)C(=O)OCc1ccccc1)C(=O)NC(CCC(=O)OCc1ccccc1)C(=O)OCc1ccccc1. The molecule has 22 nitrogen and oxygen atoms in total. The Balaban J connectivity index is 1.60. The summed E-state index contributed by atoms with van der Waals surface area (Å²) in [6, 6.07) is 27.8. The van der Waals surface area contributed by atoms with Gasteiger partial charge in [0.05, 0.1) is 6.04 Å². The van der Waals surface area contributed by atoms with Gasteiger partial charge in [0.15, 0.2) is 0 Å². The molecule has 0 heterocycles. The molecule has 0 aromatic heterocycles. The molecule has 5 atom stereocenters. The predicted octanol–water partition coefficient (Wildman–Crippen LogP) is 6.38. The highest BCUT2D eigenvalue weighted by molar-refractivity contribution is 5.95. The van der Waals surface area contributed by atoms with E-state index in [0.29, 0.717) is 29.5 Å². The molecule has 0 aliphatic carbocycles. The van der Waals surface area contributed by atoms with Crippen LogP contribution in [0.25, 0.3) is 0 Å². The minimum atomic E-state index is -1.70. The number of nitrogens with one attached hydrogen (secondary N) is 5. The molecular weight excluding hydrogens is 1100 g/mol. The Morgan fingerprint density at radius 2 is 0.753 bits per heavy atom. The number of nitrogens with two attached hydrogens (primary N) is 1. The zero-order valence-corrected chi connectivity index (χ0v) is 49.4. The van der Waals surface area contributed by atoms with E-state index in [-0.39, 0.29) is 71.5 Å². The van der Waals surface area contributed by atoms with Crippen LogP contribution in [0.5, 0.6) is 0 Å². The van der Waals surface area contributed by atoms with Crippen molar-refractivity contribution in [3.8, 4) is 0 Å². The molecular formula is C63H82N6O16. The van der Waals surface area contributed by atoms with E-state index in [2.05, 4.69) is 26.6 Å². The number of rotatable bonds is 34. The number of ether oxygens (including phenoxy) is 6. The maximum Gasteiger partial charge on any atom is 0.407 e. The van der Waals surface area contributed by atoms with Gasteiger partial charge in [0, 0.05) is 32.2 Å². The Kier molecular flexibility index (Phi) is 29.3. The van der Waals surface area contributed by atoms with Gasteiger partial charge in [-0.3, -0.25) is 33.6 Å². The van der Waals surface area contributed by atoms with Gasteiger partial charge in [-0.25, -0.2) is 14.4 Å². The van der Waals surface area contributed by atoms with Gasteiger partial charge in [-0.05, 0) is 109 Å². The molecule has 460 valence electrons. The first kappa shape index (κ1) is 68.8. The Hall–Kier alpha value is -8.66. The summed E-state index contributed by atoms with van der Waals surface area (Å²) in [7, 11) is 0. The van der Waals surface area contributed by atoms with Crippen LogP contribution < -0.4 is 32.3 Å². The van der Waals surface area contributed by atoms with Gasteiger partial charge in [0.25, 0.3) is 0 Å². The molecule has 0 fully saturated rings. The lowest BCUT2D eigenvalue weighted by atomic mass is 10.0. The van der Waals surface area contributed by atoms with Crippen LogP contribution in [0.15, 0.2) is 121 Å². The molecule has 7 N–H and O–H groups in total. The molecule has 85 heavy (non-hydrogen) atoms. The second-order valence-corrected chi connectivity index (χ2v) is 22.1. The van der Waals surface area contributed by atoms with Crippen molar-refractivity contribution in [2.45, 2.75) is 180 Å². The molecule has 0 saturated heterocycles. The lowest BCUT2D eigenvalue weighted by Gasteiger charge is -2.26.